The van der Waals surface area contributed by atoms with Crippen LogP contribution in [0.3, 0.4) is 0 Å². The molecule has 0 aliphatic heterocycles. The van der Waals surface area contributed by atoms with Gasteiger partial charge in [-0.15, -0.1) is 10.2 Å². The summed E-state index contributed by atoms with van der Waals surface area (Å²) < 4.78 is 24.7. The molecule has 0 N–H and O–H groups in total. The average Bonchev–Trinajstić information content (AvgIpc) is 3.03. The molecule has 1 aromatic heterocycles. The summed E-state index contributed by atoms with van der Waals surface area (Å²) in [7, 11) is 0. The molecule has 1 heterocycles. The van der Waals surface area contributed by atoms with Crippen molar-refractivity contribution in [2.45, 2.75) is 6.61 Å². The number of hydrogen-bond acceptors (Lipinski definition) is 4. The topological polar surface area (TPSA) is 48.2 Å². The fourth-order valence-electron chi connectivity index (χ4n) is 1.81. The van der Waals surface area contributed by atoms with Crippen LogP contribution in [0.25, 0.3) is 11.5 Å². The lowest BCUT2D eigenvalue weighted by Gasteiger charge is -2.08. The number of halogens is 2. The van der Waals surface area contributed by atoms with Crippen LogP contribution in [0.2, 0.25) is 0 Å². The molecule has 3 rings (SSSR count). The van der Waals surface area contributed by atoms with E-state index in [1.165, 1.54) is 18.5 Å². The molecule has 0 fully saturated rings. The van der Waals surface area contributed by atoms with Gasteiger partial charge in [0.15, 0.2) is 0 Å². The zero-order valence-corrected chi connectivity index (χ0v) is 12.4. The van der Waals surface area contributed by atoms with E-state index >= 15 is 0 Å². The minimum atomic E-state index is -0.288. The maximum Gasteiger partial charge on any atom is 0.247 e. The second-order valence-corrected chi connectivity index (χ2v) is 5.15. The first-order valence-corrected chi connectivity index (χ1v) is 6.95. The van der Waals surface area contributed by atoms with Crippen molar-refractivity contribution in [2.75, 3.05) is 0 Å². The number of aromatic nitrogens is 2. The van der Waals surface area contributed by atoms with Gasteiger partial charge in [0.1, 0.15) is 18.2 Å². The van der Waals surface area contributed by atoms with Crippen molar-refractivity contribution in [3.63, 3.8) is 0 Å². The molecule has 0 aliphatic rings. The summed E-state index contributed by atoms with van der Waals surface area (Å²) in [4.78, 5) is 0. The highest BCUT2D eigenvalue weighted by atomic mass is 79.9. The van der Waals surface area contributed by atoms with Gasteiger partial charge in [-0.05, 0) is 42.5 Å². The quantitative estimate of drug-likeness (QED) is 0.708. The molecule has 0 atom stereocenters. The molecule has 2 aromatic carbocycles. The highest BCUT2D eigenvalue weighted by Gasteiger charge is 2.05. The first-order valence-electron chi connectivity index (χ1n) is 6.16. The molecule has 21 heavy (non-hydrogen) atoms. The van der Waals surface area contributed by atoms with E-state index in [-0.39, 0.29) is 12.4 Å². The lowest BCUT2D eigenvalue weighted by molar-refractivity contribution is 0.305. The van der Waals surface area contributed by atoms with Crippen molar-refractivity contribution in [1.29, 1.82) is 0 Å². The molecule has 0 saturated heterocycles. The van der Waals surface area contributed by atoms with Crippen LogP contribution in [0.4, 0.5) is 4.39 Å². The molecule has 0 unspecified atom stereocenters. The maximum absolute atomic E-state index is 13.2. The summed E-state index contributed by atoms with van der Waals surface area (Å²) in [5, 5.41) is 7.45. The summed E-state index contributed by atoms with van der Waals surface area (Å²) in [6, 6.07) is 11.7. The fraction of sp³-hybridized carbons (Fsp3) is 0.0667. The fourth-order valence-corrected chi connectivity index (χ4v) is 2.17. The number of nitrogens with zero attached hydrogens (tertiary/aromatic N) is 2. The summed E-state index contributed by atoms with van der Waals surface area (Å²) in [6.45, 7) is 0.276. The Labute approximate surface area is 128 Å². The molecule has 0 bridgehead atoms. The van der Waals surface area contributed by atoms with Crippen LogP contribution in [-0.2, 0) is 6.61 Å². The Morgan fingerprint density at radius 3 is 2.67 bits per heavy atom. The van der Waals surface area contributed by atoms with Gasteiger partial charge in [-0.3, -0.25) is 0 Å². The van der Waals surface area contributed by atoms with E-state index in [9.17, 15) is 4.39 Å². The van der Waals surface area contributed by atoms with Crippen LogP contribution in [0.15, 0.2) is 57.7 Å². The smallest absolute Gasteiger partial charge is 0.247 e. The van der Waals surface area contributed by atoms with E-state index < -0.39 is 0 Å². The van der Waals surface area contributed by atoms with Gasteiger partial charge in [0.25, 0.3) is 0 Å². The van der Waals surface area contributed by atoms with E-state index in [0.29, 0.717) is 11.6 Å². The molecule has 106 valence electrons. The third kappa shape index (κ3) is 3.28. The molecule has 0 radical (unpaired) electrons. The van der Waals surface area contributed by atoms with Gasteiger partial charge in [-0.1, -0.05) is 15.9 Å². The monoisotopic (exact) mass is 348 g/mol. The molecule has 0 amide bonds. The Kier molecular flexibility index (Phi) is 3.96. The number of ether oxygens (including phenoxy) is 1. The number of benzene rings is 2. The SMILES string of the molecule is Fc1ccc(Br)c(COc2ccc(-c3nnco3)cc2)c1. The number of hydrogen-bond donors (Lipinski definition) is 0. The normalized spacial score (nSPS) is 10.6. The van der Waals surface area contributed by atoms with Gasteiger partial charge < -0.3 is 9.15 Å². The van der Waals surface area contributed by atoms with Crippen molar-refractivity contribution in [1.82, 2.24) is 10.2 Å². The lowest BCUT2D eigenvalue weighted by atomic mass is 10.2. The van der Waals surface area contributed by atoms with Gasteiger partial charge in [0.2, 0.25) is 12.3 Å². The summed E-state index contributed by atoms with van der Waals surface area (Å²) in [5.74, 6) is 0.840. The molecule has 0 saturated carbocycles. The van der Waals surface area contributed by atoms with Crippen LogP contribution in [-0.4, -0.2) is 10.2 Å². The first-order chi connectivity index (χ1) is 10.2. The van der Waals surface area contributed by atoms with Gasteiger partial charge in [0.05, 0.1) is 0 Å². The molecule has 3 aromatic rings. The number of rotatable bonds is 4. The van der Waals surface area contributed by atoms with Crippen molar-refractivity contribution < 1.29 is 13.5 Å². The minimum absolute atomic E-state index is 0.276. The third-order valence-electron chi connectivity index (χ3n) is 2.86. The molecular weight excluding hydrogens is 339 g/mol. The lowest BCUT2D eigenvalue weighted by Crippen LogP contribution is -1.97. The van der Waals surface area contributed by atoms with Gasteiger partial charge in [-0.25, -0.2) is 4.39 Å². The third-order valence-corrected chi connectivity index (χ3v) is 3.64. The largest absolute Gasteiger partial charge is 0.489 e. The standard InChI is InChI=1S/C15H10BrFN2O2/c16-14-6-3-12(17)7-11(14)8-20-13-4-1-10(2-5-13)15-19-18-9-21-15/h1-7,9H,8H2. The van der Waals surface area contributed by atoms with Crippen LogP contribution in [0, 0.1) is 5.82 Å². The highest BCUT2D eigenvalue weighted by molar-refractivity contribution is 9.10. The van der Waals surface area contributed by atoms with E-state index in [0.717, 1.165) is 15.6 Å². The molecule has 4 nitrogen and oxygen atoms in total. The van der Waals surface area contributed by atoms with Crippen molar-refractivity contribution in [3.8, 4) is 17.2 Å². The van der Waals surface area contributed by atoms with Crippen LogP contribution in [0.5, 0.6) is 5.75 Å². The summed E-state index contributed by atoms with van der Waals surface area (Å²) >= 11 is 3.37. The Balaban J connectivity index is 1.70. The van der Waals surface area contributed by atoms with Crippen molar-refractivity contribution in [3.05, 3.63) is 64.7 Å². The second-order valence-electron chi connectivity index (χ2n) is 4.29. The van der Waals surface area contributed by atoms with Gasteiger partial charge in [0, 0.05) is 15.6 Å². The first kappa shape index (κ1) is 13.8. The Morgan fingerprint density at radius 1 is 1.14 bits per heavy atom. The van der Waals surface area contributed by atoms with Crippen molar-refractivity contribution in [2.24, 2.45) is 0 Å². The Bertz CT molecular complexity index is 730. The van der Waals surface area contributed by atoms with E-state index in [4.69, 9.17) is 9.15 Å². The highest BCUT2D eigenvalue weighted by Crippen LogP contribution is 2.23. The Hall–Kier alpha value is -2.21. The summed E-state index contributed by atoms with van der Waals surface area (Å²) in [6.07, 6.45) is 1.28. The Morgan fingerprint density at radius 2 is 1.95 bits per heavy atom. The van der Waals surface area contributed by atoms with E-state index in [1.807, 2.05) is 12.1 Å². The molecule has 6 heteroatoms. The second kappa shape index (κ2) is 6.05. The van der Waals surface area contributed by atoms with Gasteiger partial charge in [-0.2, -0.15) is 0 Å². The predicted octanol–water partition coefficient (Wildman–Crippen LogP) is 4.22. The van der Waals surface area contributed by atoms with E-state index in [1.54, 1.807) is 18.2 Å². The van der Waals surface area contributed by atoms with Gasteiger partial charge >= 0.3 is 0 Å². The molecular formula is C15H10BrFN2O2. The molecule has 0 spiro atoms. The zero-order chi connectivity index (χ0) is 14.7. The minimum Gasteiger partial charge on any atom is -0.489 e. The van der Waals surface area contributed by atoms with Crippen LogP contribution >= 0.6 is 15.9 Å². The predicted molar refractivity (Wildman–Crippen MR) is 78.2 cm³/mol. The van der Waals surface area contributed by atoms with E-state index in [2.05, 4.69) is 26.1 Å². The van der Waals surface area contributed by atoms with Crippen LogP contribution in [0.1, 0.15) is 5.56 Å². The zero-order valence-electron chi connectivity index (χ0n) is 10.8. The van der Waals surface area contributed by atoms with Crippen molar-refractivity contribution >= 4 is 15.9 Å². The average molecular weight is 349 g/mol. The summed E-state index contributed by atoms with van der Waals surface area (Å²) in [5.41, 5.74) is 1.56. The molecule has 0 aliphatic carbocycles. The van der Waals surface area contributed by atoms with Crippen LogP contribution < -0.4 is 4.74 Å². The maximum atomic E-state index is 13.2.